The second-order valence-electron chi connectivity index (χ2n) is 5.45. The SMILES string of the molecule is O=S(=O)(Nc1ccc2c(c1)CCNC2)C1=CC=CN2SNC=C12. The Labute approximate surface area is 139 Å². The van der Waals surface area contributed by atoms with Crippen LogP contribution in [-0.2, 0) is 23.0 Å². The van der Waals surface area contributed by atoms with E-state index in [1.165, 1.54) is 23.3 Å². The first kappa shape index (κ1) is 14.7. The number of hydrogen-bond acceptors (Lipinski definition) is 6. The second kappa shape index (κ2) is 5.63. The number of hydrogen-bond donors (Lipinski definition) is 3. The highest BCUT2D eigenvalue weighted by Gasteiger charge is 2.29. The predicted molar refractivity (Wildman–Crippen MR) is 92.3 cm³/mol. The van der Waals surface area contributed by atoms with Gasteiger partial charge in [-0.1, -0.05) is 6.07 Å². The number of benzene rings is 1. The molecule has 3 heterocycles. The largest absolute Gasteiger partial charge is 0.316 e. The van der Waals surface area contributed by atoms with Crippen molar-refractivity contribution in [2.75, 3.05) is 11.3 Å². The summed E-state index contributed by atoms with van der Waals surface area (Å²) in [5.74, 6) is 0. The number of rotatable bonds is 3. The molecule has 0 atom stereocenters. The topological polar surface area (TPSA) is 73.5 Å². The zero-order valence-corrected chi connectivity index (χ0v) is 13.9. The van der Waals surface area contributed by atoms with E-state index in [0.717, 1.165) is 19.5 Å². The van der Waals surface area contributed by atoms with E-state index >= 15 is 0 Å². The van der Waals surface area contributed by atoms with Gasteiger partial charge in [-0.2, -0.15) is 0 Å². The summed E-state index contributed by atoms with van der Waals surface area (Å²) in [4.78, 5) is 0.261. The Balaban J connectivity index is 1.63. The van der Waals surface area contributed by atoms with Crippen LogP contribution in [0.5, 0.6) is 0 Å². The van der Waals surface area contributed by atoms with Crippen LogP contribution in [0.4, 0.5) is 5.69 Å². The quantitative estimate of drug-likeness (QED) is 0.724. The van der Waals surface area contributed by atoms with Gasteiger partial charge in [0.1, 0.15) is 4.91 Å². The minimum atomic E-state index is -3.64. The highest BCUT2D eigenvalue weighted by Crippen LogP contribution is 2.34. The van der Waals surface area contributed by atoms with Gasteiger partial charge < -0.3 is 10.0 Å². The summed E-state index contributed by atoms with van der Waals surface area (Å²) in [5, 5.41) is 3.31. The van der Waals surface area contributed by atoms with Crippen molar-refractivity contribution in [3.05, 3.63) is 64.5 Å². The van der Waals surface area contributed by atoms with E-state index in [9.17, 15) is 8.42 Å². The Morgan fingerprint density at radius 3 is 3.09 bits per heavy atom. The third kappa shape index (κ3) is 2.73. The first-order chi connectivity index (χ1) is 11.1. The molecule has 0 saturated carbocycles. The maximum Gasteiger partial charge on any atom is 0.264 e. The minimum absolute atomic E-state index is 0.261. The lowest BCUT2D eigenvalue weighted by Crippen LogP contribution is -2.24. The average Bonchev–Trinajstić information content (AvgIpc) is 3.02. The molecule has 0 fully saturated rings. The van der Waals surface area contributed by atoms with Crippen molar-refractivity contribution in [2.24, 2.45) is 0 Å². The Morgan fingerprint density at radius 2 is 2.17 bits per heavy atom. The molecule has 0 unspecified atom stereocenters. The molecule has 120 valence electrons. The van der Waals surface area contributed by atoms with Crippen molar-refractivity contribution in [1.29, 1.82) is 0 Å². The lowest BCUT2D eigenvalue weighted by molar-refractivity contribution is 0.605. The van der Waals surface area contributed by atoms with Crippen molar-refractivity contribution >= 4 is 27.8 Å². The summed E-state index contributed by atoms with van der Waals surface area (Å²) in [6.07, 6.45) is 7.76. The standard InChI is InChI=1S/C15H16N4O2S2/c20-23(21,15-2-1-7-19-14(15)10-17-22-19)18-13-4-3-12-9-16-6-5-11(12)8-13/h1-4,7-8,10,16-18H,5-6,9H2. The average molecular weight is 348 g/mol. The van der Waals surface area contributed by atoms with Crippen LogP contribution in [0.25, 0.3) is 0 Å². The molecule has 0 aromatic heterocycles. The molecule has 0 bridgehead atoms. The van der Waals surface area contributed by atoms with Crippen molar-refractivity contribution in [3.8, 4) is 0 Å². The summed E-state index contributed by atoms with van der Waals surface area (Å²) in [7, 11) is -3.64. The maximum absolute atomic E-state index is 12.7. The first-order valence-electron chi connectivity index (χ1n) is 7.30. The van der Waals surface area contributed by atoms with Gasteiger partial charge in [0.05, 0.1) is 17.8 Å². The molecular formula is C15H16N4O2S2. The fourth-order valence-corrected chi connectivity index (χ4v) is 4.77. The molecule has 0 spiro atoms. The fourth-order valence-electron chi connectivity index (χ4n) is 2.81. The predicted octanol–water partition coefficient (Wildman–Crippen LogP) is 1.79. The van der Waals surface area contributed by atoms with Crippen LogP contribution in [0.3, 0.4) is 0 Å². The van der Waals surface area contributed by atoms with Crippen LogP contribution < -0.4 is 14.8 Å². The van der Waals surface area contributed by atoms with Crippen molar-refractivity contribution in [2.45, 2.75) is 13.0 Å². The monoisotopic (exact) mass is 348 g/mol. The van der Waals surface area contributed by atoms with E-state index in [0.29, 0.717) is 11.4 Å². The molecular weight excluding hydrogens is 332 g/mol. The molecule has 3 aliphatic heterocycles. The van der Waals surface area contributed by atoms with Gasteiger partial charge in [0.15, 0.2) is 0 Å². The molecule has 4 rings (SSSR count). The zero-order chi connectivity index (χ0) is 15.9. The number of anilines is 1. The molecule has 0 radical (unpaired) electrons. The van der Waals surface area contributed by atoms with Crippen LogP contribution in [0.2, 0.25) is 0 Å². The van der Waals surface area contributed by atoms with Crippen LogP contribution in [0.1, 0.15) is 11.1 Å². The highest BCUT2D eigenvalue weighted by molar-refractivity contribution is 7.97. The maximum atomic E-state index is 12.7. The molecule has 0 saturated heterocycles. The molecule has 3 aliphatic rings. The summed E-state index contributed by atoms with van der Waals surface area (Å²) >= 11 is 1.33. The Kier molecular flexibility index (Phi) is 3.59. The van der Waals surface area contributed by atoms with Crippen molar-refractivity contribution in [3.63, 3.8) is 0 Å². The second-order valence-corrected chi connectivity index (χ2v) is 7.92. The molecule has 8 heteroatoms. The Morgan fingerprint density at radius 1 is 1.26 bits per heavy atom. The van der Waals surface area contributed by atoms with Crippen LogP contribution in [-0.4, -0.2) is 19.3 Å². The fraction of sp³-hybridized carbons (Fsp3) is 0.200. The third-order valence-corrected chi connectivity index (χ3v) is 6.11. The summed E-state index contributed by atoms with van der Waals surface area (Å²) < 4.78 is 32.9. The van der Waals surface area contributed by atoms with Crippen molar-refractivity contribution in [1.82, 2.24) is 14.3 Å². The summed E-state index contributed by atoms with van der Waals surface area (Å²) in [5.41, 5.74) is 3.66. The van der Waals surface area contributed by atoms with E-state index in [4.69, 9.17) is 0 Å². The van der Waals surface area contributed by atoms with Gasteiger partial charge in [-0.3, -0.25) is 9.03 Å². The number of fused-ring (bicyclic) bond motifs is 2. The number of nitrogens with one attached hydrogen (secondary N) is 3. The van der Waals surface area contributed by atoms with Crippen LogP contribution >= 0.6 is 12.1 Å². The number of nitrogens with zero attached hydrogens (tertiary/aromatic N) is 1. The molecule has 0 aliphatic carbocycles. The lowest BCUT2D eigenvalue weighted by Gasteiger charge is -2.21. The third-order valence-electron chi connectivity index (χ3n) is 3.94. The van der Waals surface area contributed by atoms with Crippen LogP contribution in [0.15, 0.2) is 53.4 Å². The zero-order valence-electron chi connectivity index (χ0n) is 12.2. The smallest absolute Gasteiger partial charge is 0.264 e. The van der Waals surface area contributed by atoms with Gasteiger partial charge in [-0.25, -0.2) is 8.42 Å². The first-order valence-corrected chi connectivity index (χ1v) is 9.55. The molecule has 23 heavy (non-hydrogen) atoms. The minimum Gasteiger partial charge on any atom is -0.316 e. The highest BCUT2D eigenvalue weighted by atomic mass is 32.2. The summed E-state index contributed by atoms with van der Waals surface area (Å²) in [6, 6.07) is 5.73. The number of allylic oxidation sites excluding steroid dienone is 2. The van der Waals surface area contributed by atoms with Gasteiger partial charge in [0.25, 0.3) is 10.0 Å². The molecule has 0 amide bonds. The van der Waals surface area contributed by atoms with E-state index < -0.39 is 10.0 Å². The van der Waals surface area contributed by atoms with E-state index in [1.54, 1.807) is 22.7 Å². The normalized spacial score (nSPS) is 19.4. The Bertz CT molecular complexity index is 843. The number of sulfonamides is 1. The molecule has 1 aromatic rings. The van der Waals surface area contributed by atoms with Gasteiger partial charge in [0.2, 0.25) is 0 Å². The van der Waals surface area contributed by atoms with E-state index in [1.807, 2.05) is 24.4 Å². The molecule has 1 aromatic carbocycles. The van der Waals surface area contributed by atoms with Gasteiger partial charge in [0, 0.05) is 24.6 Å². The van der Waals surface area contributed by atoms with Gasteiger partial charge in [-0.05, 0) is 48.4 Å². The molecule has 3 N–H and O–H groups in total. The van der Waals surface area contributed by atoms with E-state index in [2.05, 4.69) is 14.8 Å². The van der Waals surface area contributed by atoms with Gasteiger partial charge >= 0.3 is 0 Å². The van der Waals surface area contributed by atoms with Gasteiger partial charge in [-0.15, -0.1) is 0 Å². The molecule has 6 nitrogen and oxygen atoms in total. The Hall–Kier alpha value is -1.90. The lowest BCUT2D eigenvalue weighted by atomic mass is 10.0. The van der Waals surface area contributed by atoms with E-state index in [-0.39, 0.29) is 4.91 Å². The van der Waals surface area contributed by atoms with Crippen LogP contribution in [0, 0.1) is 0 Å². The summed E-state index contributed by atoms with van der Waals surface area (Å²) in [6.45, 7) is 1.76. The van der Waals surface area contributed by atoms with Crippen molar-refractivity contribution < 1.29 is 8.42 Å².